The Morgan fingerprint density at radius 3 is 2.71 bits per heavy atom. The van der Waals surface area contributed by atoms with Crippen LogP contribution in [-0.4, -0.2) is 30.9 Å². The topological polar surface area (TPSA) is 59.8 Å². The molecule has 2 aromatic rings. The highest BCUT2D eigenvalue weighted by atomic mass is 79.9. The fourth-order valence-electron chi connectivity index (χ4n) is 1.64. The molecule has 0 aliphatic carbocycles. The fourth-order valence-corrected chi connectivity index (χ4v) is 2.56. The third-order valence-electron chi connectivity index (χ3n) is 2.67. The van der Waals surface area contributed by atoms with Gasteiger partial charge in [0.1, 0.15) is 12.7 Å². The second-order valence-electron chi connectivity index (χ2n) is 4.13. The number of hydrogen-bond donors (Lipinski definition) is 1. The number of benzene rings is 1. The maximum absolute atomic E-state index is 12.4. The number of carbonyl (C=O) groups is 1. The van der Waals surface area contributed by atoms with E-state index in [4.69, 9.17) is 34.8 Å². The van der Waals surface area contributed by atoms with Crippen molar-refractivity contribution in [2.75, 3.05) is 5.88 Å². The Bertz CT molecular complexity index is 621. The third kappa shape index (κ3) is 3.88. The van der Waals surface area contributed by atoms with E-state index in [9.17, 15) is 4.79 Å². The van der Waals surface area contributed by atoms with E-state index in [1.54, 1.807) is 18.2 Å². The largest absolute Gasteiger partial charge is 0.327 e. The molecule has 112 valence electrons. The molecule has 1 heterocycles. The molecule has 0 bridgehead atoms. The number of rotatable bonds is 5. The zero-order chi connectivity index (χ0) is 15.5. The number of hydrogen-bond acceptors (Lipinski definition) is 3. The third-order valence-corrected chi connectivity index (χ3v) is 4.73. The molecule has 1 aromatic carbocycles. The zero-order valence-corrected chi connectivity index (χ0v) is 14.4. The lowest BCUT2D eigenvalue weighted by molar-refractivity contribution is 0.0910. The van der Waals surface area contributed by atoms with Crippen molar-refractivity contribution in [3.8, 4) is 0 Å². The number of nitrogens with zero attached hydrogens (tertiary/aromatic N) is 3. The molecule has 0 fully saturated rings. The summed E-state index contributed by atoms with van der Waals surface area (Å²) in [6, 6.07) is 6.99. The molecule has 9 heteroatoms. The zero-order valence-electron chi connectivity index (χ0n) is 10.5. The summed E-state index contributed by atoms with van der Waals surface area (Å²) in [5.74, 6) is -0.463. The second-order valence-corrected chi connectivity index (χ2v) is 6.79. The van der Waals surface area contributed by atoms with Crippen LogP contribution in [0.3, 0.4) is 0 Å². The van der Waals surface area contributed by atoms with Gasteiger partial charge in [0.05, 0.1) is 11.4 Å². The van der Waals surface area contributed by atoms with Crippen molar-refractivity contribution < 1.29 is 4.79 Å². The molecule has 1 atom stereocenters. The Morgan fingerprint density at radius 2 is 2.14 bits per heavy atom. The Kier molecular flexibility index (Phi) is 5.48. The normalized spacial score (nSPS) is 13.0. The lowest BCUT2D eigenvalue weighted by Gasteiger charge is -2.28. The van der Waals surface area contributed by atoms with E-state index in [0.717, 1.165) is 0 Å². The smallest absolute Gasteiger partial charge is 0.254 e. The van der Waals surface area contributed by atoms with E-state index in [2.05, 4.69) is 31.3 Å². The van der Waals surface area contributed by atoms with Crippen LogP contribution in [0.5, 0.6) is 0 Å². The van der Waals surface area contributed by atoms with Crippen molar-refractivity contribution in [3.05, 3.63) is 47.0 Å². The van der Waals surface area contributed by atoms with Crippen LogP contribution in [0, 0.1) is 0 Å². The van der Waals surface area contributed by atoms with Crippen molar-refractivity contribution in [1.82, 2.24) is 20.1 Å². The van der Waals surface area contributed by atoms with Gasteiger partial charge in [0.15, 0.2) is 10.5 Å². The van der Waals surface area contributed by atoms with E-state index in [0.29, 0.717) is 10.0 Å². The van der Waals surface area contributed by atoms with Crippen LogP contribution >= 0.6 is 50.7 Å². The molecule has 1 aromatic heterocycles. The molecule has 1 amide bonds. The number of alkyl halides is 3. The monoisotopic (exact) mass is 410 g/mol. The first kappa shape index (κ1) is 16.5. The van der Waals surface area contributed by atoms with Gasteiger partial charge in [-0.15, -0.1) is 11.6 Å². The van der Waals surface area contributed by atoms with Gasteiger partial charge in [0.25, 0.3) is 5.91 Å². The van der Waals surface area contributed by atoms with Gasteiger partial charge in [-0.25, -0.2) is 9.67 Å². The fraction of sp³-hybridized carbons (Fsp3) is 0.250. The van der Waals surface area contributed by atoms with Crippen molar-refractivity contribution in [2.45, 2.75) is 10.5 Å². The minimum Gasteiger partial charge on any atom is -0.327 e. The van der Waals surface area contributed by atoms with Gasteiger partial charge >= 0.3 is 0 Å². The van der Waals surface area contributed by atoms with Crippen molar-refractivity contribution in [1.29, 1.82) is 0 Å². The van der Waals surface area contributed by atoms with E-state index < -0.39 is 10.5 Å². The number of carbonyl (C=O) groups excluding carboxylic acids is 1. The van der Waals surface area contributed by atoms with Gasteiger partial charge in [-0.1, -0.05) is 35.3 Å². The van der Waals surface area contributed by atoms with Crippen LogP contribution < -0.4 is 5.32 Å². The molecule has 5 nitrogen and oxygen atoms in total. The highest BCUT2D eigenvalue weighted by Crippen LogP contribution is 2.33. The van der Waals surface area contributed by atoms with Crippen LogP contribution in [0.1, 0.15) is 16.5 Å². The SMILES string of the molecule is O=C(NC(n1cncn1)C(Cl)(Cl)CCl)c1ccccc1Br. The molecular weight excluding hydrogens is 402 g/mol. The van der Waals surface area contributed by atoms with Crippen LogP contribution in [0.4, 0.5) is 0 Å². The molecule has 2 rings (SSSR count). The number of aromatic nitrogens is 3. The number of amides is 1. The van der Waals surface area contributed by atoms with Crippen LogP contribution in [-0.2, 0) is 0 Å². The first-order valence-corrected chi connectivity index (χ1v) is 7.87. The first-order chi connectivity index (χ1) is 9.95. The molecule has 0 saturated heterocycles. The molecule has 0 radical (unpaired) electrons. The molecule has 1 N–H and O–H groups in total. The van der Waals surface area contributed by atoms with E-state index >= 15 is 0 Å². The van der Waals surface area contributed by atoms with Crippen molar-refractivity contribution >= 4 is 56.6 Å². The van der Waals surface area contributed by atoms with Gasteiger partial charge in [0, 0.05) is 4.47 Å². The predicted molar refractivity (Wildman–Crippen MR) is 85.8 cm³/mol. The maximum Gasteiger partial charge on any atom is 0.254 e. The van der Waals surface area contributed by atoms with Gasteiger partial charge < -0.3 is 5.32 Å². The lowest BCUT2D eigenvalue weighted by Crippen LogP contribution is -2.44. The molecule has 0 saturated carbocycles. The average molecular weight is 413 g/mol. The molecule has 0 spiro atoms. The highest BCUT2D eigenvalue weighted by molar-refractivity contribution is 9.10. The van der Waals surface area contributed by atoms with E-state index in [-0.39, 0.29) is 11.8 Å². The first-order valence-electron chi connectivity index (χ1n) is 5.79. The number of nitrogens with one attached hydrogen (secondary N) is 1. The average Bonchev–Trinajstić information content (AvgIpc) is 2.98. The van der Waals surface area contributed by atoms with Gasteiger partial charge in [-0.2, -0.15) is 5.10 Å². The summed E-state index contributed by atoms with van der Waals surface area (Å²) in [5, 5.41) is 6.66. The van der Waals surface area contributed by atoms with Gasteiger partial charge in [-0.05, 0) is 28.1 Å². The minimum atomic E-state index is -1.44. The number of halogens is 4. The molecule has 1 unspecified atom stereocenters. The molecule has 0 aliphatic heterocycles. The molecule has 21 heavy (non-hydrogen) atoms. The predicted octanol–water partition coefficient (Wildman–Crippen LogP) is 3.38. The Labute approximate surface area is 144 Å². The molecular formula is C12H10BrCl3N4O. The van der Waals surface area contributed by atoms with Crippen LogP contribution in [0.15, 0.2) is 41.4 Å². The van der Waals surface area contributed by atoms with Crippen molar-refractivity contribution in [2.24, 2.45) is 0 Å². The standard InChI is InChI=1S/C12H10BrCl3N4O/c13-9-4-2-1-3-8(9)10(21)19-11(12(15,16)5-14)20-7-17-6-18-20/h1-4,6-7,11H,5H2,(H,19,21). The summed E-state index contributed by atoms with van der Waals surface area (Å²) < 4.78 is 0.559. The van der Waals surface area contributed by atoms with Crippen LogP contribution in [0.25, 0.3) is 0 Å². The Balaban J connectivity index is 2.28. The highest BCUT2D eigenvalue weighted by Gasteiger charge is 2.38. The Hall–Kier alpha value is -0.820. The summed E-state index contributed by atoms with van der Waals surface area (Å²) in [5.41, 5.74) is 0.446. The maximum atomic E-state index is 12.4. The summed E-state index contributed by atoms with van der Waals surface area (Å²) in [7, 11) is 0. The van der Waals surface area contributed by atoms with E-state index in [1.165, 1.54) is 17.3 Å². The summed E-state index contributed by atoms with van der Waals surface area (Å²) in [4.78, 5) is 16.2. The summed E-state index contributed by atoms with van der Waals surface area (Å²) in [6.45, 7) is 0. The van der Waals surface area contributed by atoms with Gasteiger partial charge in [0.2, 0.25) is 0 Å². The van der Waals surface area contributed by atoms with Crippen molar-refractivity contribution in [3.63, 3.8) is 0 Å². The second kappa shape index (κ2) is 6.96. The quantitative estimate of drug-likeness (QED) is 0.766. The summed E-state index contributed by atoms with van der Waals surface area (Å²) >= 11 is 21.4. The Morgan fingerprint density at radius 1 is 1.43 bits per heavy atom. The molecule has 0 aliphatic rings. The minimum absolute atomic E-state index is 0.100. The van der Waals surface area contributed by atoms with Crippen LogP contribution in [0.2, 0.25) is 0 Å². The van der Waals surface area contributed by atoms with E-state index in [1.807, 2.05) is 6.07 Å². The van der Waals surface area contributed by atoms with Gasteiger partial charge in [-0.3, -0.25) is 4.79 Å². The summed E-state index contributed by atoms with van der Waals surface area (Å²) in [6.07, 6.45) is 1.85. The lowest BCUT2D eigenvalue weighted by atomic mass is 10.2.